The lowest BCUT2D eigenvalue weighted by Crippen LogP contribution is -2.54. The second-order valence-corrected chi connectivity index (χ2v) is 10.3. The lowest BCUT2D eigenvalue weighted by atomic mass is 10.0. The smallest absolute Gasteiger partial charge is 0.338 e. The molecule has 2 atom stereocenters. The van der Waals surface area contributed by atoms with Crippen molar-refractivity contribution in [2.45, 2.75) is 51.8 Å². The summed E-state index contributed by atoms with van der Waals surface area (Å²) in [5, 5.41) is 3.39. The van der Waals surface area contributed by atoms with Crippen LogP contribution in [0.25, 0.3) is 11.3 Å². The molecule has 0 bridgehead atoms. The number of aromatic nitrogens is 2. The zero-order valence-electron chi connectivity index (χ0n) is 22.7. The maximum Gasteiger partial charge on any atom is 0.416 e. The summed E-state index contributed by atoms with van der Waals surface area (Å²) in [6.07, 6.45) is -8.76. The van der Waals surface area contributed by atoms with E-state index < -0.39 is 41.7 Å². The molecule has 0 aliphatic carbocycles. The molecule has 4 rings (SSSR count). The van der Waals surface area contributed by atoms with Crippen molar-refractivity contribution in [1.29, 1.82) is 0 Å². The van der Waals surface area contributed by atoms with E-state index in [0.29, 0.717) is 42.3 Å². The Morgan fingerprint density at radius 2 is 1.59 bits per heavy atom. The number of anilines is 1. The fourth-order valence-electron chi connectivity index (χ4n) is 4.93. The standard InChI is InChI=1S/C28H28F7N5O/c1-15-7-21(29)5-6-22(15)24-23(11-36-26(38-24)40-12-16(2)37-17(3)13-40)25(41)39(4)14-18-8-19(27(30,31)32)10-20(9-18)28(33,34)35/h5-11,16-17,37H,12-14H2,1-4H3/t16-,17+. The number of benzene rings is 2. The van der Waals surface area contributed by atoms with Gasteiger partial charge in [0.2, 0.25) is 5.95 Å². The number of carbonyl (C=O) groups is 1. The van der Waals surface area contributed by atoms with Gasteiger partial charge in [-0.25, -0.2) is 14.4 Å². The average Bonchev–Trinajstić information content (AvgIpc) is 2.86. The molecule has 1 aliphatic rings. The van der Waals surface area contributed by atoms with Crippen molar-refractivity contribution in [2.75, 3.05) is 25.0 Å². The molecule has 1 amide bonds. The molecular formula is C28H28F7N5O. The van der Waals surface area contributed by atoms with Crippen LogP contribution >= 0.6 is 0 Å². The summed E-state index contributed by atoms with van der Waals surface area (Å²) in [7, 11) is 1.25. The quantitative estimate of drug-likeness (QED) is 0.369. The molecule has 0 unspecified atom stereocenters. The van der Waals surface area contributed by atoms with Crippen LogP contribution in [0.2, 0.25) is 0 Å². The fourth-order valence-corrected chi connectivity index (χ4v) is 4.93. The zero-order chi connectivity index (χ0) is 30.3. The normalized spacial score (nSPS) is 18.0. The predicted octanol–water partition coefficient (Wildman–Crippen LogP) is 6.09. The van der Waals surface area contributed by atoms with E-state index in [0.717, 1.165) is 4.90 Å². The van der Waals surface area contributed by atoms with E-state index in [-0.39, 0.29) is 35.0 Å². The van der Waals surface area contributed by atoms with Crippen molar-refractivity contribution in [2.24, 2.45) is 0 Å². The van der Waals surface area contributed by atoms with Gasteiger partial charge in [0.05, 0.1) is 22.4 Å². The highest BCUT2D eigenvalue weighted by Gasteiger charge is 2.37. The first kappa shape index (κ1) is 30.2. The number of carbonyl (C=O) groups excluding carboxylic acids is 1. The number of amides is 1. The van der Waals surface area contributed by atoms with Gasteiger partial charge < -0.3 is 15.1 Å². The number of hydrogen-bond donors (Lipinski definition) is 1. The van der Waals surface area contributed by atoms with Crippen LogP contribution in [0.4, 0.5) is 36.7 Å². The van der Waals surface area contributed by atoms with Crippen molar-refractivity contribution in [3.8, 4) is 11.3 Å². The summed E-state index contributed by atoms with van der Waals surface area (Å²) in [5.41, 5.74) is -2.27. The number of rotatable bonds is 5. The van der Waals surface area contributed by atoms with Gasteiger partial charge in [0.25, 0.3) is 5.91 Å². The maximum absolute atomic E-state index is 13.9. The molecule has 1 aromatic heterocycles. The van der Waals surface area contributed by atoms with Gasteiger partial charge in [0, 0.05) is 50.5 Å². The van der Waals surface area contributed by atoms with Crippen molar-refractivity contribution >= 4 is 11.9 Å². The number of alkyl halides is 6. The van der Waals surface area contributed by atoms with E-state index >= 15 is 0 Å². The summed E-state index contributed by atoms with van der Waals surface area (Å²) < 4.78 is 94.0. The summed E-state index contributed by atoms with van der Waals surface area (Å²) in [4.78, 5) is 25.5. The van der Waals surface area contributed by atoms with E-state index in [1.54, 1.807) is 6.92 Å². The first-order valence-electron chi connectivity index (χ1n) is 12.7. The zero-order valence-corrected chi connectivity index (χ0v) is 22.7. The van der Waals surface area contributed by atoms with Crippen LogP contribution in [-0.4, -0.2) is 53.0 Å². The van der Waals surface area contributed by atoms with Gasteiger partial charge in [-0.1, -0.05) is 0 Å². The molecule has 1 fully saturated rings. The van der Waals surface area contributed by atoms with Crippen molar-refractivity contribution in [3.63, 3.8) is 0 Å². The Labute approximate surface area is 232 Å². The molecule has 1 N–H and O–H groups in total. The Kier molecular flexibility index (Phi) is 8.30. The summed E-state index contributed by atoms with van der Waals surface area (Å²) in [5.74, 6) is -0.903. The number of piperazine rings is 1. The van der Waals surface area contributed by atoms with Crippen LogP contribution in [0.15, 0.2) is 42.6 Å². The summed E-state index contributed by atoms with van der Waals surface area (Å²) in [6.45, 7) is 6.24. The van der Waals surface area contributed by atoms with Crippen molar-refractivity contribution in [3.05, 3.63) is 76.2 Å². The van der Waals surface area contributed by atoms with E-state index in [2.05, 4.69) is 15.3 Å². The monoisotopic (exact) mass is 583 g/mol. The van der Waals surface area contributed by atoms with Crippen LogP contribution in [-0.2, 0) is 18.9 Å². The average molecular weight is 584 g/mol. The summed E-state index contributed by atoms with van der Waals surface area (Å²) in [6, 6.07) is 5.38. The minimum atomic E-state index is -5.02. The lowest BCUT2D eigenvalue weighted by Gasteiger charge is -2.36. The molecule has 6 nitrogen and oxygen atoms in total. The third kappa shape index (κ3) is 6.95. The molecule has 41 heavy (non-hydrogen) atoms. The molecule has 2 aromatic carbocycles. The number of aryl methyl sites for hydroxylation is 1. The van der Waals surface area contributed by atoms with Crippen LogP contribution in [0.3, 0.4) is 0 Å². The number of hydrogen-bond acceptors (Lipinski definition) is 5. The van der Waals surface area contributed by atoms with Gasteiger partial charge in [-0.15, -0.1) is 0 Å². The number of nitrogens with one attached hydrogen (secondary N) is 1. The number of halogens is 7. The van der Waals surface area contributed by atoms with E-state index in [9.17, 15) is 35.5 Å². The highest BCUT2D eigenvalue weighted by atomic mass is 19.4. The van der Waals surface area contributed by atoms with Crippen LogP contribution in [0, 0.1) is 12.7 Å². The SMILES string of the molecule is Cc1cc(F)ccc1-c1nc(N2C[C@@H](C)N[C@@H](C)C2)ncc1C(=O)N(C)Cc1cc(C(F)(F)F)cc(C(F)(F)F)c1. The van der Waals surface area contributed by atoms with Gasteiger partial charge in [0.1, 0.15) is 5.82 Å². The third-order valence-corrected chi connectivity index (χ3v) is 6.70. The Hall–Kier alpha value is -3.74. The Morgan fingerprint density at radius 1 is 1.00 bits per heavy atom. The Balaban J connectivity index is 1.74. The van der Waals surface area contributed by atoms with Gasteiger partial charge >= 0.3 is 12.4 Å². The minimum Gasteiger partial charge on any atom is -0.338 e. The van der Waals surface area contributed by atoms with Gasteiger partial charge in [-0.3, -0.25) is 4.79 Å². The minimum absolute atomic E-state index is 0.0329. The van der Waals surface area contributed by atoms with Crippen LogP contribution in [0.5, 0.6) is 0 Å². The highest BCUT2D eigenvalue weighted by Crippen LogP contribution is 2.37. The van der Waals surface area contributed by atoms with Gasteiger partial charge in [-0.05, 0) is 68.3 Å². The molecule has 13 heteroatoms. The first-order chi connectivity index (χ1) is 19.0. The summed E-state index contributed by atoms with van der Waals surface area (Å²) >= 11 is 0. The highest BCUT2D eigenvalue weighted by molar-refractivity contribution is 6.00. The van der Waals surface area contributed by atoms with Crippen LogP contribution < -0.4 is 10.2 Å². The molecule has 0 spiro atoms. The predicted molar refractivity (Wildman–Crippen MR) is 139 cm³/mol. The maximum atomic E-state index is 13.9. The molecular weight excluding hydrogens is 555 g/mol. The molecule has 1 saturated heterocycles. The Bertz CT molecular complexity index is 1400. The molecule has 1 aliphatic heterocycles. The fraction of sp³-hybridized carbons (Fsp3) is 0.393. The molecule has 3 aromatic rings. The molecule has 2 heterocycles. The lowest BCUT2D eigenvalue weighted by molar-refractivity contribution is -0.143. The number of nitrogens with zero attached hydrogens (tertiary/aromatic N) is 4. The third-order valence-electron chi connectivity index (χ3n) is 6.70. The largest absolute Gasteiger partial charge is 0.416 e. The van der Waals surface area contributed by atoms with Crippen molar-refractivity contribution in [1.82, 2.24) is 20.2 Å². The van der Waals surface area contributed by atoms with Crippen LogP contribution in [0.1, 0.15) is 46.5 Å². The van der Waals surface area contributed by atoms with Gasteiger partial charge in [0.15, 0.2) is 0 Å². The molecule has 0 radical (unpaired) electrons. The second kappa shape index (κ2) is 11.3. The second-order valence-electron chi connectivity index (χ2n) is 10.3. The Morgan fingerprint density at radius 3 is 2.12 bits per heavy atom. The van der Waals surface area contributed by atoms with Crippen molar-refractivity contribution < 1.29 is 35.5 Å². The topological polar surface area (TPSA) is 61.4 Å². The van der Waals surface area contributed by atoms with E-state index in [1.165, 1.54) is 31.4 Å². The first-order valence-corrected chi connectivity index (χ1v) is 12.7. The molecule has 220 valence electrons. The van der Waals surface area contributed by atoms with E-state index in [4.69, 9.17) is 0 Å². The van der Waals surface area contributed by atoms with E-state index in [1.807, 2.05) is 18.7 Å². The van der Waals surface area contributed by atoms with Gasteiger partial charge in [-0.2, -0.15) is 26.3 Å². The molecule has 0 saturated carbocycles.